The smallest absolute Gasteiger partial charge is 0.340 e. The second-order valence-electron chi connectivity index (χ2n) is 3.87. The van der Waals surface area contributed by atoms with Crippen molar-refractivity contribution in [1.82, 2.24) is 4.98 Å². The number of nitrogens with zero attached hydrogens (tertiary/aromatic N) is 1. The van der Waals surface area contributed by atoms with Crippen molar-refractivity contribution >= 4 is 28.5 Å². The molecule has 5 heteroatoms. The topological polar surface area (TPSA) is 70.4 Å². The molecule has 0 aliphatic rings. The van der Waals surface area contributed by atoms with Gasteiger partial charge in [-0.15, -0.1) is 0 Å². The highest BCUT2D eigenvalue weighted by atomic mass is 35.5. The number of pyridine rings is 1. The Bertz CT molecular complexity index is 637. The Morgan fingerprint density at radius 1 is 1.35 bits per heavy atom. The number of benzene rings is 1. The van der Waals surface area contributed by atoms with Crippen LogP contribution >= 0.6 is 11.6 Å². The predicted octanol–water partition coefficient (Wildman–Crippen LogP) is 2.91. The number of carbonyl (C=O) groups is 1. The van der Waals surface area contributed by atoms with E-state index in [-0.39, 0.29) is 17.0 Å². The lowest BCUT2D eigenvalue weighted by Gasteiger charge is -2.09. The van der Waals surface area contributed by atoms with Gasteiger partial charge in [-0.25, -0.2) is 9.78 Å². The molecule has 1 aromatic carbocycles. The molecule has 2 N–H and O–H groups in total. The fourth-order valence-corrected chi connectivity index (χ4v) is 2.10. The third kappa shape index (κ3) is 1.80. The van der Waals surface area contributed by atoms with Gasteiger partial charge >= 0.3 is 5.97 Å². The van der Waals surface area contributed by atoms with Crippen molar-refractivity contribution in [1.29, 1.82) is 0 Å². The first-order valence-electron chi connectivity index (χ1n) is 4.94. The van der Waals surface area contributed by atoms with Crippen LogP contribution in [0.3, 0.4) is 0 Å². The third-order valence-corrected chi connectivity index (χ3v) is 2.84. The van der Waals surface area contributed by atoms with E-state index < -0.39 is 5.97 Å². The number of aromatic nitrogens is 1. The highest BCUT2D eigenvalue weighted by Gasteiger charge is 2.19. The van der Waals surface area contributed by atoms with E-state index in [4.69, 9.17) is 16.7 Å². The van der Waals surface area contributed by atoms with Crippen molar-refractivity contribution < 1.29 is 15.0 Å². The second-order valence-corrected chi connectivity index (χ2v) is 4.28. The lowest BCUT2D eigenvalue weighted by molar-refractivity contribution is 0.0695. The Kier molecular flexibility index (Phi) is 2.67. The average Bonchev–Trinajstić information content (AvgIpc) is 2.20. The Labute approximate surface area is 102 Å². The first-order valence-corrected chi connectivity index (χ1v) is 5.32. The van der Waals surface area contributed by atoms with Gasteiger partial charge in [-0.2, -0.15) is 0 Å². The molecule has 0 aliphatic heterocycles. The van der Waals surface area contributed by atoms with Crippen LogP contribution in [0, 0.1) is 13.8 Å². The quantitative estimate of drug-likeness (QED) is 0.818. The molecule has 0 radical (unpaired) electrons. The minimum absolute atomic E-state index is 0.155. The molecule has 0 saturated heterocycles. The Morgan fingerprint density at radius 2 is 2.00 bits per heavy atom. The molecule has 0 amide bonds. The van der Waals surface area contributed by atoms with E-state index in [1.165, 1.54) is 6.92 Å². The zero-order valence-corrected chi connectivity index (χ0v) is 10.0. The highest BCUT2D eigenvalue weighted by Crippen LogP contribution is 2.32. The van der Waals surface area contributed by atoms with Crippen LogP contribution in [0.4, 0.5) is 0 Å². The van der Waals surface area contributed by atoms with Gasteiger partial charge < -0.3 is 10.2 Å². The number of carboxylic acid groups (broad SMARTS) is 1. The fourth-order valence-electron chi connectivity index (χ4n) is 1.78. The first-order chi connectivity index (χ1) is 7.91. The summed E-state index contributed by atoms with van der Waals surface area (Å²) in [4.78, 5) is 15.3. The lowest BCUT2D eigenvalue weighted by Crippen LogP contribution is -2.02. The van der Waals surface area contributed by atoms with Gasteiger partial charge in [0.2, 0.25) is 0 Å². The summed E-state index contributed by atoms with van der Waals surface area (Å²) in [6, 6.07) is 3.36. The zero-order valence-electron chi connectivity index (χ0n) is 9.28. The van der Waals surface area contributed by atoms with E-state index in [0.29, 0.717) is 15.9 Å². The number of hydrogen-bond acceptors (Lipinski definition) is 3. The molecule has 0 fully saturated rings. The van der Waals surface area contributed by atoms with Crippen LogP contribution in [-0.4, -0.2) is 21.2 Å². The molecule has 1 heterocycles. The van der Waals surface area contributed by atoms with Crippen LogP contribution in [0.5, 0.6) is 5.75 Å². The molecule has 0 bridgehead atoms. The summed E-state index contributed by atoms with van der Waals surface area (Å²) >= 11 is 6.03. The minimum atomic E-state index is -1.19. The van der Waals surface area contributed by atoms with E-state index in [0.717, 1.165) is 5.56 Å². The number of aromatic hydroxyl groups is 1. The number of carboxylic acids is 1. The molecule has 17 heavy (non-hydrogen) atoms. The summed E-state index contributed by atoms with van der Waals surface area (Å²) in [6.07, 6.45) is 0. The Balaban J connectivity index is 3.03. The van der Waals surface area contributed by atoms with Gasteiger partial charge in [0.1, 0.15) is 5.56 Å². The summed E-state index contributed by atoms with van der Waals surface area (Å²) in [7, 11) is 0. The molecular formula is C12H10ClNO3. The van der Waals surface area contributed by atoms with Crippen molar-refractivity contribution in [3.8, 4) is 5.75 Å². The molecule has 4 nitrogen and oxygen atoms in total. The van der Waals surface area contributed by atoms with Crippen molar-refractivity contribution in [2.24, 2.45) is 0 Å². The monoisotopic (exact) mass is 251 g/mol. The second kappa shape index (κ2) is 3.89. The van der Waals surface area contributed by atoms with Gasteiger partial charge in [0.15, 0.2) is 5.75 Å². The van der Waals surface area contributed by atoms with Gasteiger partial charge in [-0.05, 0) is 31.5 Å². The van der Waals surface area contributed by atoms with Gasteiger partial charge in [0, 0.05) is 5.39 Å². The van der Waals surface area contributed by atoms with E-state index >= 15 is 0 Å². The number of halogens is 1. The van der Waals surface area contributed by atoms with Crippen LogP contribution in [0.1, 0.15) is 21.6 Å². The molecule has 2 rings (SSSR count). The van der Waals surface area contributed by atoms with E-state index in [2.05, 4.69) is 4.98 Å². The average molecular weight is 252 g/mol. The normalized spacial score (nSPS) is 10.8. The molecule has 0 saturated carbocycles. The van der Waals surface area contributed by atoms with Crippen LogP contribution in [0.15, 0.2) is 12.1 Å². The molecular weight excluding hydrogens is 242 g/mol. The predicted molar refractivity (Wildman–Crippen MR) is 64.9 cm³/mol. The van der Waals surface area contributed by atoms with Crippen LogP contribution in [0.2, 0.25) is 5.02 Å². The summed E-state index contributed by atoms with van der Waals surface area (Å²) in [5, 5.41) is 19.6. The number of aryl methyl sites for hydroxylation is 2. The molecule has 0 unspecified atom stereocenters. The fraction of sp³-hybridized carbons (Fsp3) is 0.167. The summed E-state index contributed by atoms with van der Waals surface area (Å²) in [5.41, 5.74) is 1.30. The van der Waals surface area contributed by atoms with Gasteiger partial charge in [-0.3, -0.25) is 0 Å². The highest BCUT2D eigenvalue weighted by molar-refractivity contribution is 6.35. The van der Waals surface area contributed by atoms with Crippen molar-refractivity contribution in [2.75, 3.05) is 0 Å². The van der Waals surface area contributed by atoms with Crippen molar-refractivity contribution in [3.05, 3.63) is 34.0 Å². The molecule has 0 spiro atoms. The van der Waals surface area contributed by atoms with Gasteiger partial charge in [0.05, 0.1) is 16.2 Å². The molecule has 0 atom stereocenters. The SMILES string of the molecule is Cc1cc(Cl)c2nc(C)c(O)c(C(=O)O)c2c1. The van der Waals surface area contributed by atoms with E-state index in [9.17, 15) is 9.90 Å². The number of fused-ring (bicyclic) bond motifs is 1. The minimum Gasteiger partial charge on any atom is -0.505 e. The number of rotatable bonds is 1. The lowest BCUT2D eigenvalue weighted by atomic mass is 10.0. The van der Waals surface area contributed by atoms with Gasteiger partial charge in [-0.1, -0.05) is 11.6 Å². The van der Waals surface area contributed by atoms with Crippen LogP contribution in [-0.2, 0) is 0 Å². The van der Waals surface area contributed by atoms with Gasteiger partial charge in [0.25, 0.3) is 0 Å². The summed E-state index contributed by atoms with van der Waals surface area (Å²) < 4.78 is 0. The molecule has 88 valence electrons. The standard InChI is InChI=1S/C12H10ClNO3/c1-5-3-7-9(12(16)17)11(15)6(2)14-10(7)8(13)4-5/h3-4,15H,1-2H3,(H,16,17). The van der Waals surface area contributed by atoms with Crippen molar-refractivity contribution in [3.63, 3.8) is 0 Å². The number of hydrogen-bond donors (Lipinski definition) is 2. The Hall–Kier alpha value is -1.81. The molecule has 2 aromatic rings. The maximum absolute atomic E-state index is 11.2. The summed E-state index contributed by atoms with van der Waals surface area (Å²) in [5.74, 6) is -1.51. The Morgan fingerprint density at radius 3 is 2.59 bits per heavy atom. The van der Waals surface area contributed by atoms with E-state index in [1.807, 2.05) is 0 Å². The van der Waals surface area contributed by atoms with Crippen LogP contribution in [0.25, 0.3) is 10.9 Å². The zero-order chi connectivity index (χ0) is 12.7. The number of aromatic carboxylic acids is 1. The van der Waals surface area contributed by atoms with Crippen LogP contribution < -0.4 is 0 Å². The maximum Gasteiger partial charge on any atom is 0.340 e. The summed E-state index contributed by atoms with van der Waals surface area (Å²) in [6.45, 7) is 3.34. The van der Waals surface area contributed by atoms with E-state index in [1.54, 1.807) is 19.1 Å². The van der Waals surface area contributed by atoms with Crippen molar-refractivity contribution in [2.45, 2.75) is 13.8 Å². The molecule has 1 aromatic heterocycles. The maximum atomic E-state index is 11.2. The third-order valence-electron chi connectivity index (χ3n) is 2.55. The largest absolute Gasteiger partial charge is 0.505 e. The molecule has 0 aliphatic carbocycles. The first kappa shape index (κ1) is 11.7.